The average molecular weight is 212 g/mol. The highest BCUT2D eigenvalue weighted by Crippen LogP contribution is 2.29. The highest BCUT2D eigenvalue weighted by atomic mass is 15.2. The number of hydrogen-bond acceptors (Lipinski definition) is 2. The van der Waals surface area contributed by atoms with Crippen LogP contribution in [-0.2, 0) is 0 Å². The second-order valence-electron chi connectivity index (χ2n) is 5.88. The van der Waals surface area contributed by atoms with Gasteiger partial charge in [-0.2, -0.15) is 0 Å². The van der Waals surface area contributed by atoms with Gasteiger partial charge < -0.3 is 5.73 Å². The largest absolute Gasteiger partial charge is 0.330 e. The summed E-state index contributed by atoms with van der Waals surface area (Å²) in [5.74, 6) is 0.864. The first kappa shape index (κ1) is 13.0. The Kier molecular flexibility index (Phi) is 4.60. The van der Waals surface area contributed by atoms with Gasteiger partial charge in [0.05, 0.1) is 0 Å². The zero-order valence-electron chi connectivity index (χ0n) is 10.9. The Balaban J connectivity index is 2.51. The molecular weight excluding hydrogens is 184 g/mol. The molecular formula is C13H28N2. The van der Waals surface area contributed by atoms with Crippen molar-refractivity contribution in [2.75, 3.05) is 19.6 Å². The molecule has 1 fully saturated rings. The predicted molar refractivity (Wildman–Crippen MR) is 66.9 cm³/mol. The van der Waals surface area contributed by atoms with E-state index in [0.29, 0.717) is 5.41 Å². The maximum atomic E-state index is 5.92. The maximum absolute atomic E-state index is 5.92. The van der Waals surface area contributed by atoms with Crippen molar-refractivity contribution in [2.45, 2.75) is 53.0 Å². The quantitative estimate of drug-likeness (QED) is 0.758. The molecule has 0 spiro atoms. The molecule has 15 heavy (non-hydrogen) atoms. The Morgan fingerprint density at radius 2 is 2.07 bits per heavy atom. The van der Waals surface area contributed by atoms with Gasteiger partial charge in [0.25, 0.3) is 0 Å². The summed E-state index contributed by atoms with van der Waals surface area (Å²) in [5.41, 5.74) is 6.25. The standard InChI is InChI=1S/C13H28N2/c1-5-6-13(4,9-14)10-15-8-11(2)7-12(15)3/h11-12H,5-10,14H2,1-4H3. The second-order valence-corrected chi connectivity index (χ2v) is 5.88. The van der Waals surface area contributed by atoms with Crippen molar-refractivity contribution in [3.63, 3.8) is 0 Å². The molecule has 2 nitrogen and oxygen atoms in total. The summed E-state index contributed by atoms with van der Waals surface area (Å²) in [6, 6.07) is 0.753. The molecule has 0 aromatic carbocycles. The van der Waals surface area contributed by atoms with Crippen LogP contribution in [0, 0.1) is 11.3 Å². The molecule has 0 bridgehead atoms. The number of hydrogen-bond donors (Lipinski definition) is 1. The van der Waals surface area contributed by atoms with Crippen LogP contribution in [-0.4, -0.2) is 30.6 Å². The molecule has 1 aliphatic heterocycles. The Labute approximate surface area is 95.2 Å². The normalized spacial score (nSPS) is 31.8. The lowest BCUT2D eigenvalue weighted by molar-refractivity contribution is 0.152. The third-order valence-electron chi connectivity index (χ3n) is 3.84. The van der Waals surface area contributed by atoms with Crippen molar-refractivity contribution in [3.05, 3.63) is 0 Å². The molecule has 0 aromatic heterocycles. The van der Waals surface area contributed by atoms with Crippen LogP contribution in [0.1, 0.15) is 47.0 Å². The minimum atomic E-state index is 0.326. The number of nitrogens with two attached hydrogens (primary N) is 1. The van der Waals surface area contributed by atoms with E-state index in [4.69, 9.17) is 5.73 Å². The van der Waals surface area contributed by atoms with Crippen LogP contribution in [0.4, 0.5) is 0 Å². The zero-order chi connectivity index (χ0) is 11.5. The fraction of sp³-hybridized carbons (Fsp3) is 1.00. The van der Waals surface area contributed by atoms with Gasteiger partial charge in [0.15, 0.2) is 0 Å². The number of likely N-dealkylation sites (tertiary alicyclic amines) is 1. The molecule has 2 heteroatoms. The Bertz CT molecular complexity index is 193. The molecule has 1 saturated heterocycles. The van der Waals surface area contributed by atoms with Crippen LogP contribution < -0.4 is 5.73 Å². The summed E-state index contributed by atoms with van der Waals surface area (Å²) in [6.45, 7) is 12.6. The molecule has 0 saturated carbocycles. The fourth-order valence-electron chi connectivity index (χ4n) is 2.95. The Morgan fingerprint density at radius 3 is 2.47 bits per heavy atom. The minimum Gasteiger partial charge on any atom is -0.330 e. The topological polar surface area (TPSA) is 29.3 Å². The molecule has 90 valence electrons. The molecule has 0 amide bonds. The molecule has 0 aliphatic carbocycles. The number of nitrogens with zero attached hydrogens (tertiary/aromatic N) is 1. The molecule has 3 unspecified atom stereocenters. The molecule has 1 aliphatic rings. The van der Waals surface area contributed by atoms with E-state index in [1.54, 1.807) is 0 Å². The van der Waals surface area contributed by atoms with Crippen molar-refractivity contribution < 1.29 is 0 Å². The van der Waals surface area contributed by atoms with Crippen molar-refractivity contribution in [3.8, 4) is 0 Å². The number of rotatable bonds is 5. The predicted octanol–water partition coefficient (Wildman–Crippen LogP) is 2.48. The van der Waals surface area contributed by atoms with Gasteiger partial charge >= 0.3 is 0 Å². The van der Waals surface area contributed by atoms with Crippen LogP contribution >= 0.6 is 0 Å². The van der Waals surface area contributed by atoms with E-state index in [0.717, 1.165) is 18.5 Å². The summed E-state index contributed by atoms with van der Waals surface area (Å²) < 4.78 is 0. The molecule has 3 atom stereocenters. The third kappa shape index (κ3) is 3.46. The van der Waals surface area contributed by atoms with Crippen molar-refractivity contribution in [2.24, 2.45) is 17.1 Å². The molecule has 1 rings (SSSR count). The summed E-state index contributed by atoms with van der Waals surface area (Å²) in [4.78, 5) is 2.63. The summed E-state index contributed by atoms with van der Waals surface area (Å²) >= 11 is 0. The highest BCUT2D eigenvalue weighted by molar-refractivity contribution is 4.86. The lowest BCUT2D eigenvalue weighted by Gasteiger charge is -2.34. The van der Waals surface area contributed by atoms with Crippen LogP contribution in [0.2, 0.25) is 0 Å². The van der Waals surface area contributed by atoms with E-state index in [1.165, 1.54) is 32.4 Å². The van der Waals surface area contributed by atoms with E-state index in [-0.39, 0.29) is 0 Å². The molecule has 1 heterocycles. The van der Waals surface area contributed by atoms with E-state index in [2.05, 4.69) is 32.6 Å². The average Bonchev–Trinajstić information content (AvgIpc) is 2.45. The Hall–Kier alpha value is -0.0800. The van der Waals surface area contributed by atoms with Crippen LogP contribution in [0.15, 0.2) is 0 Å². The third-order valence-corrected chi connectivity index (χ3v) is 3.84. The van der Waals surface area contributed by atoms with E-state index < -0.39 is 0 Å². The first-order chi connectivity index (χ1) is 7.00. The molecule has 0 radical (unpaired) electrons. The Morgan fingerprint density at radius 1 is 1.40 bits per heavy atom. The van der Waals surface area contributed by atoms with Crippen LogP contribution in [0.25, 0.3) is 0 Å². The van der Waals surface area contributed by atoms with Gasteiger partial charge in [0.2, 0.25) is 0 Å². The van der Waals surface area contributed by atoms with Gasteiger partial charge in [0.1, 0.15) is 0 Å². The highest BCUT2D eigenvalue weighted by Gasteiger charge is 2.32. The van der Waals surface area contributed by atoms with Gasteiger partial charge in [-0.25, -0.2) is 0 Å². The summed E-state index contributed by atoms with van der Waals surface area (Å²) in [5, 5.41) is 0. The zero-order valence-corrected chi connectivity index (χ0v) is 10.9. The van der Waals surface area contributed by atoms with E-state index in [9.17, 15) is 0 Å². The van der Waals surface area contributed by atoms with Crippen molar-refractivity contribution in [1.82, 2.24) is 4.90 Å². The van der Waals surface area contributed by atoms with E-state index >= 15 is 0 Å². The van der Waals surface area contributed by atoms with Crippen molar-refractivity contribution >= 4 is 0 Å². The lowest BCUT2D eigenvalue weighted by Crippen LogP contribution is -2.42. The first-order valence-corrected chi connectivity index (χ1v) is 6.45. The van der Waals surface area contributed by atoms with Gasteiger partial charge in [-0.3, -0.25) is 4.90 Å². The smallest absolute Gasteiger partial charge is 0.00702 e. The van der Waals surface area contributed by atoms with Crippen LogP contribution in [0.3, 0.4) is 0 Å². The monoisotopic (exact) mass is 212 g/mol. The molecule has 2 N–H and O–H groups in total. The van der Waals surface area contributed by atoms with Gasteiger partial charge in [-0.1, -0.05) is 27.2 Å². The van der Waals surface area contributed by atoms with Crippen LogP contribution in [0.5, 0.6) is 0 Å². The lowest BCUT2D eigenvalue weighted by atomic mass is 9.85. The van der Waals surface area contributed by atoms with Gasteiger partial charge in [0, 0.05) is 19.1 Å². The van der Waals surface area contributed by atoms with E-state index in [1.807, 2.05) is 0 Å². The van der Waals surface area contributed by atoms with Gasteiger partial charge in [-0.05, 0) is 37.6 Å². The summed E-state index contributed by atoms with van der Waals surface area (Å²) in [7, 11) is 0. The second kappa shape index (κ2) is 5.31. The fourth-order valence-corrected chi connectivity index (χ4v) is 2.95. The van der Waals surface area contributed by atoms with Crippen molar-refractivity contribution in [1.29, 1.82) is 0 Å². The maximum Gasteiger partial charge on any atom is 0.00702 e. The van der Waals surface area contributed by atoms with Gasteiger partial charge in [-0.15, -0.1) is 0 Å². The summed E-state index contributed by atoms with van der Waals surface area (Å²) in [6.07, 6.45) is 3.85. The SMILES string of the molecule is CCCC(C)(CN)CN1CC(C)CC1C. The first-order valence-electron chi connectivity index (χ1n) is 6.45. The molecule has 0 aromatic rings. The minimum absolute atomic E-state index is 0.326.